The number of aromatic nitrogens is 3. The van der Waals surface area contributed by atoms with Crippen molar-refractivity contribution < 1.29 is 18.1 Å². The van der Waals surface area contributed by atoms with Gasteiger partial charge >= 0.3 is 11.2 Å². The second-order valence-corrected chi connectivity index (χ2v) is 6.15. The summed E-state index contributed by atoms with van der Waals surface area (Å²) >= 11 is 0.960. The third-order valence-electron chi connectivity index (χ3n) is 3.60. The standard InChI is InChI=1S/C12H12F3N5O2S/c13-12(14,15)9-3-5-19(17-9)8-2-1-4-18(7-8)11-16-6-10(23-11)20(21)22/h3,5-6,8H,1-2,4,7H2/t8-/m0/s1. The number of alkyl halides is 3. The van der Waals surface area contributed by atoms with Gasteiger partial charge in [-0.1, -0.05) is 0 Å². The number of nitro groups is 1. The third kappa shape index (κ3) is 3.28. The van der Waals surface area contributed by atoms with Gasteiger partial charge in [0.05, 0.1) is 11.0 Å². The van der Waals surface area contributed by atoms with Gasteiger partial charge in [0.25, 0.3) is 0 Å². The first-order valence-corrected chi connectivity index (χ1v) is 7.64. The van der Waals surface area contributed by atoms with Crippen LogP contribution in [0.1, 0.15) is 24.6 Å². The van der Waals surface area contributed by atoms with Crippen LogP contribution in [-0.4, -0.2) is 32.8 Å². The number of hydrogen-bond acceptors (Lipinski definition) is 6. The maximum absolute atomic E-state index is 12.6. The fourth-order valence-corrected chi connectivity index (χ4v) is 3.29. The van der Waals surface area contributed by atoms with E-state index in [0.717, 1.165) is 23.8 Å². The molecule has 11 heteroatoms. The van der Waals surface area contributed by atoms with E-state index in [1.54, 1.807) is 0 Å². The van der Waals surface area contributed by atoms with Crippen molar-refractivity contribution in [2.24, 2.45) is 0 Å². The van der Waals surface area contributed by atoms with E-state index < -0.39 is 16.8 Å². The zero-order chi connectivity index (χ0) is 16.6. The quantitative estimate of drug-likeness (QED) is 0.630. The Balaban J connectivity index is 1.75. The summed E-state index contributed by atoms with van der Waals surface area (Å²) in [5.41, 5.74) is -0.917. The molecular formula is C12H12F3N5O2S. The van der Waals surface area contributed by atoms with Crippen LogP contribution in [0.25, 0.3) is 0 Å². The van der Waals surface area contributed by atoms with Gasteiger partial charge in [-0.05, 0) is 30.2 Å². The Morgan fingerprint density at radius 3 is 2.83 bits per heavy atom. The van der Waals surface area contributed by atoms with E-state index in [2.05, 4.69) is 10.1 Å². The van der Waals surface area contributed by atoms with Crippen molar-refractivity contribution in [2.45, 2.75) is 25.1 Å². The molecule has 0 aromatic carbocycles. The van der Waals surface area contributed by atoms with Gasteiger partial charge in [-0.15, -0.1) is 0 Å². The van der Waals surface area contributed by atoms with Crippen LogP contribution < -0.4 is 4.90 Å². The van der Waals surface area contributed by atoms with Gasteiger partial charge in [-0.25, -0.2) is 4.98 Å². The molecule has 1 aliphatic rings. The summed E-state index contributed by atoms with van der Waals surface area (Å²) in [6.07, 6.45) is -0.502. The molecule has 3 rings (SSSR count). The number of anilines is 1. The summed E-state index contributed by atoms with van der Waals surface area (Å²) in [6, 6.07) is 0.732. The summed E-state index contributed by atoms with van der Waals surface area (Å²) in [7, 11) is 0. The Kier molecular flexibility index (Phi) is 3.96. The minimum atomic E-state index is -4.46. The van der Waals surface area contributed by atoms with Crippen molar-refractivity contribution >= 4 is 21.5 Å². The molecule has 0 bridgehead atoms. The summed E-state index contributed by atoms with van der Waals surface area (Å²) in [5, 5.41) is 14.8. The number of rotatable bonds is 3. The minimum absolute atomic E-state index is 0.0550. The molecule has 0 amide bonds. The normalized spacial score (nSPS) is 19.1. The molecule has 2 aromatic rings. The molecule has 0 radical (unpaired) electrons. The fourth-order valence-electron chi connectivity index (χ4n) is 2.52. The van der Waals surface area contributed by atoms with Gasteiger partial charge in [0.2, 0.25) is 0 Å². The molecule has 23 heavy (non-hydrogen) atoms. The predicted molar refractivity (Wildman–Crippen MR) is 76.5 cm³/mol. The maximum atomic E-state index is 12.6. The molecule has 1 atom stereocenters. The first kappa shape index (κ1) is 15.7. The highest BCUT2D eigenvalue weighted by Gasteiger charge is 2.34. The van der Waals surface area contributed by atoms with Crippen LogP contribution in [0.3, 0.4) is 0 Å². The van der Waals surface area contributed by atoms with Crippen LogP contribution in [-0.2, 0) is 6.18 Å². The van der Waals surface area contributed by atoms with Crippen LogP contribution in [0.2, 0.25) is 0 Å². The van der Waals surface area contributed by atoms with E-state index in [4.69, 9.17) is 0 Å². The lowest BCUT2D eigenvalue weighted by atomic mass is 10.1. The largest absolute Gasteiger partial charge is 0.435 e. The second kappa shape index (κ2) is 5.80. The van der Waals surface area contributed by atoms with Crippen LogP contribution in [0.5, 0.6) is 0 Å². The molecule has 124 valence electrons. The minimum Gasteiger partial charge on any atom is -0.346 e. The summed E-state index contributed by atoms with van der Waals surface area (Å²) < 4.78 is 39.2. The molecule has 1 aliphatic heterocycles. The highest BCUT2D eigenvalue weighted by molar-refractivity contribution is 7.18. The Morgan fingerprint density at radius 2 is 2.22 bits per heavy atom. The average molecular weight is 347 g/mol. The number of halogens is 3. The van der Waals surface area contributed by atoms with E-state index in [0.29, 0.717) is 24.6 Å². The molecule has 0 unspecified atom stereocenters. The lowest BCUT2D eigenvalue weighted by Crippen LogP contribution is -2.36. The highest BCUT2D eigenvalue weighted by atomic mass is 32.1. The topological polar surface area (TPSA) is 77.1 Å². The van der Waals surface area contributed by atoms with Crippen molar-refractivity contribution in [3.63, 3.8) is 0 Å². The van der Waals surface area contributed by atoms with E-state index in [9.17, 15) is 23.3 Å². The van der Waals surface area contributed by atoms with E-state index >= 15 is 0 Å². The third-order valence-corrected chi connectivity index (χ3v) is 4.61. The fraction of sp³-hybridized carbons (Fsp3) is 0.500. The second-order valence-electron chi connectivity index (χ2n) is 5.16. The van der Waals surface area contributed by atoms with Crippen molar-refractivity contribution in [1.82, 2.24) is 14.8 Å². The van der Waals surface area contributed by atoms with E-state index in [1.807, 2.05) is 4.90 Å². The molecule has 0 saturated carbocycles. The Bertz CT molecular complexity index is 714. The van der Waals surface area contributed by atoms with Gasteiger partial charge in [-0.2, -0.15) is 18.3 Å². The molecule has 0 spiro atoms. The Morgan fingerprint density at radius 1 is 1.43 bits per heavy atom. The summed E-state index contributed by atoms with van der Waals surface area (Å²) in [4.78, 5) is 16.1. The lowest BCUT2D eigenvalue weighted by Gasteiger charge is -2.32. The van der Waals surface area contributed by atoms with E-state index in [-0.39, 0.29) is 11.0 Å². The average Bonchev–Trinajstić information content (AvgIpc) is 3.16. The highest BCUT2D eigenvalue weighted by Crippen LogP contribution is 2.33. The van der Waals surface area contributed by atoms with Crippen molar-refractivity contribution in [3.05, 3.63) is 34.3 Å². The van der Waals surface area contributed by atoms with Crippen molar-refractivity contribution in [2.75, 3.05) is 18.0 Å². The van der Waals surface area contributed by atoms with Crippen molar-refractivity contribution in [1.29, 1.82) is 0 Å². The number of piperidine rings is 1. The van der Waals surface area contributed by atoms with Gasteiger partial charge in [0.15, 0.2) is 10.8 Å². The smallest absolute Gasteiger partial charge is 0.346 e. The molecule has 1 fully saturated rings. The van der Waals surface area contributed by atoms with E-state index in [1.165, 1.54) is 17.1 Å². The van der Waals surface area contributed by atoms with Crippen LogP contribution >= 0.6 is 11.3 Å². The predicted octanol–water partition coefficient (Wildman–Crippen LogP) is 3.11. The molecule has 0 aliphatic carbocycles. The summed E-state index contributed by atoms with van der Waals surface area (Å²) in [6.45, 7) is 1.08. The lowest BCUT2D eigenvalue weighted by molar-refractivity contribution is -0.380. The number of nitrogens with zero attached hydrogens (tertiary/aromatic N) is 5. The van der Waals surface area contributed by atoms with Gasteiger partial charge in [0.1, 0.15) is 6.20 Å². The van der Waals surface area contributed by atoms with Crippen LogP contribution in [0.15, 0.2) is 18.5 Å². The molecular weight excluding hydrogens is 335 g/mol. The Labute approximate surface area is 132 Å². The number of thiazole rings is 1. The molecule has 2 aromatic heterocycles. The van der Waals surface area contributed by atoms with Crippen LogP contribution in [0, 0.1) is 10.1 Å². The monoisotopic (exact) mass is 347 g/mol. The van der Waals surface area contributed by atoms with Crippen molar-refractivity contribution in [3.8, 4) is 0 Å². The van der Waals surface area contributed by atoms with Crippen LogP contribution in [0.4, 0.5) is 23.3 Å². The zero-order valence-electron chi connectivity index (χ0n) is 11.7. The Hall–Kier alpha value is -2.17. The maximum Gasteiger partial charge on any atom is 0.435 e. The first-order chi connectivity index (χ1) is 10.8. The molecule has 0 N–H and O–H groups in total. The zero-order valence-corrected chi connectivity index (χ0v) is 12.5. The molecule has 7 nitrogen and oxygen atoms in total. The molecule has 3 heterocycles. The van der Waals surface area contributed by atoms with Gasteiger partial charge < -0.3 is 4.90 Å². The van der Waals surface area contributed by atoms with Gasteiger partial charge in [0, 0.05) is 19.3 Å². The number of hydrogen-bond donors (Lipinski definition) is 0. The first-order valence-electron chi connectivity index (χ1n) is 6.82. The summed E-state index contributed by atoms with van der Waals surface area (Å²) in [5.74, 6) is 0. The molecule has 1 saturated heterocycles. The van der Waals surface area contributed by atoms with Gasteiger partial charge in [-0.3, -0.25) is 14.8 Å². The SMILES string of the molecule is O=[N+]([O-])c1cnc(N2CCC[C@H](n3ccc(C(F)(F)F)n3)C2)s1.